The van der Waals surface area contributed by atoms with Crippen molar-refractivity contribution in [2.45, 2.75) is 31.1 Å². The minimum absolute atomic E-state index is 0.0906. The predicted octanol–water partition coefficient (Wildman–Crippen LogP) is 5.06. The Morgan fingerprint density at radius 3 is 2.38 bits per heavy atom. The Bertz CT molecular complexity index is 1650. The first-order valence-electron chi connectivity index (χ1n) is 13.8. The van der Waals surface area contributed by atoms with E-state index in [1.54, 1.807) is 42.5 Å². The van der Waals surface area contributed by atoms with Gasteiger partial charge in [-0.3, -0.25) is 9.62 Å². The average Bonchev–Trinajstić information content (AvgIpc) is 3.30. The van der Waals surface area contributed by atoms with Gasteiger partial charge in [-0.25, -0.2) is 13.2 Å². The number of ether oxygens (including phenoxy) is 2. The van der Waals surface area contributed by atoms with E-state index >= 15 is 0 Å². The van der Waals surface area contributed by atoms with Crippen LogP contribution in [0.5, 0.6) is 11.6 Å². The highest BCUT2D eigenvalue weighted by Crippen LogP contribution is 2.39. The third kappa shape index (κ3) is 6.87. The lowest BCUT2D eigenvalue weighted by Crippen LogP contribution is -2.41. The van der Waals surface area contributed by atoms with Gasteiger partial charge in [0.05, 0.1) is 23.7 Å². The fraction of sp³-hybridized carbons (Fsp3) is 0.323. The van der Waals surface area contributed by atoms with Crippen molar-refractivity contribution in [3.05, 3.63) is 72.3 Å². The minimum Gasteiger partial charge on any atom is -0.508 e. The van der Waals surface area contributed by atoms with Crippen molar-refractivity contribution in [3.8, 4) is 22.8 Å². The van der Waals surface area contributed by atoms with Gasteiger partial charge in [0.25, 0.3) is 10.0 Å². The molecule has 222 valence electrons. The van der Waals surface area contributed by atoms with E-state index in [1.807, 2.05) is 12.1 Å². The lowest BCUT2D eigenvalue weighted by atomic mass is 9.87. The molecule has 1 aliphatic rings. The molecule has 1 amide bonds. The normalized spacial score (nSPS) is 14.5. The molecular formula is C31H36N4O6S. The van der Waals surface area contributed by atoms with Gasteiger partial charge in [-0.15, -0.1) is 0 Å². The average molecular weight is 593 g/mol. The van der Waals surface area contributed by atoms with E-state index in [2.05, 4.69) is 40.7 Å². The molecule has 0 saturated carbocycles. The summed E-state index contributed by atoms with van der Waals surface area (Å²) in [6.07, 6.45) is -0.616. The fourth-order valence-electron chi connectivity index (χ4n) is 4.84. The molecule has 42 heavy (non-hydrogen) atoms. The summed E-state index contributed by atoms with van der Waals surface area (Å²) in [6, 6.07) is 18.4. The van der Waals surface area contributed by atoms with Gasteiger partial charge >= 0.3 is 6.09 Å². The smallest absolute Gasteiger partial charge is 0.413 e. The molecule has 0 unspecified atom stereocenters. The van der Waals surface area contributed by atoms with Crippen molar-refractivity contribution < 1.29 is 27.8 Å². The number of aromatic nitrogens is 1. The molecule has 0 atom stereocenters. The number of nitrogens with zero attached hydrogens (tertiary/aromatic N) is 1. The number of amides is 1. The zero-order valence-corrected chi connectivity index (χ0v) is 24.8. The van der Waals surface area contributed by atoms with E-state index in [0.29, 0.717) is 54.0 Å². The molecule has 0 radical (unpaired) electrons. The molecular weight excluding hydrogens is 556 g/mol. The molecule has 2 heterocycles. The van der Waals surface area contributed by atoms with E-state index in [1.165, 1.54) is 12.1 Å². The van der Waals surface area contributed by atoms with Crippen molar-refractivity contribution in [3.63, 3.8) is 0 Å². The zero-order valence-electron chi connectivity index (χ0n) is 23.9. The number of aromatic amines is 1. The van der Waals surface area contributed by atoms with E-state index in [9.17, 15) is 18.3 Å². The number of fused-ring (bicyclic) bond motifs is 1. The topological polar surface area (TPSA) is 133 Å². The molecule has 10 nitrogen and oxygen atoms in total. The molecule has 1 aliphatic heterocycles. The van der Waals surface area contributed by atoms with Crippen molar-refractivity contribution in [2.24, 2.45) is 0 Å². The number of rotatable bonds is 8. The van der Waals surface area contributed by atoms with Crippen molar-refractivity contribution in [2.75, 3.05) is 44.1 Å². The van der Waals surface area contributed by atoms with E-state index in [0.717, 1.165) is 18.7 Å². The van der Waals surface area contributed by atoms with E-state index in [-0.39, 0.29) is 21.9 Å². The Hall–Kier alpha value is -4.06. The minimum atomic E-state index is -3.86. The van der Waals surface area contributed by atoms with Gasteiger partial charge in [-0.1, -0.05) is 45.0 Å². The van der Waals surface area contributed by atoms with Crippen LogP contribution in [0, 0.1) is 0 Å². The number of aromatic hydroxyl groups is 1. The number of morpholine rings is 1. The highest BCUT2D eigenvalue weighted by molar-refractivity contribution is 7.92. The third-order valence-electron chi connectivity index (χ3n) is 7.20. The van der Waals surface area contributed by atoms with Gasteiger partial charge in [0.1, 0.15) is 5.75 Å². The van der Waals surface area contributed by atoms with Crippen LogP contribution >= 0.6 is 0 Å². The zero-order chi connectivity index (χ0) is 29.9. The number of anilines is 1. The van der Waals surface area contributed by atoms with Crippen LogP contribution in [0.3, 0.4) is 0 Å². The highest BCUT2D eigenvalue weighted by Gasteiger charge is 2.21. The Balaban J connectivity index is 1.40. The number of sulfonamides is 1. The van der Waals surface area contributed by atoms with Crippen LogP contribution in [-0.4, -0.2) is 68.9 Å². The summed E-state index contributed by atoms with van der Waals surface area (Å²) in [5.74, 6) is 0.296. The fourth-order valence-corrected chi connectivity index (χ4v) is 5.89. The maximum Gasteiger partial charge on any atom is 0.413 e. The molecule has 3 aromatic carbocycles. The van der Waals surface area contributed by atoms with Gasteiger partial charge in [0, 0.05) is 42.8 Å². The molecule has 5 rings (SSSR count). The summed E-state index contributed by atoms with van der Waals surface area (Å²) in [6.45, 7) is 10.3. The standard InChI is InChI=1S/C31H36N4O6S/c1-31(2,3)22-6-11-25(12-7-22)42(38,39)34-23-8-13-27-26(20-23)28(21-4-9-24(36)10-5-21)29(33-27)41-30(37)32-14-15-35-16-18-40-19-17-35/h4-13,20,33-34,36H,14-19H2,1-3H3,(H,32,37). The van der Waals surface area contributed by atoms with Gasteiger partial charge in [-0.2, -0.15) is 0 Å². The van der Waals surface area contributed by atoms with Crippen LogP contribution in [0.15, 0.2) is 71.6 Å². The maximum atomic E-state index is 13.2. The summed E-state index contributed by atoms with van der Waals surface area (Å²) < 4.78 is 40.2. The number of H-pyrrole nitrogens is 1. The first kappa shape index (κ1) is 29.4. The Kier molecular flexibility index (Phi) is 8.44. The van der Waals surface area contributed by atoms with Gasteiger partial charge in [-0.05, 0) is 59.0 Å². The summed E-state index contributed by atoms with van der Waals surface area (Å²) in [5.41, 5.74) is 3.16. The van der Waals surface area contributed by atoms with E-state index in [4.69, 9.17) is 9.47 Å². The molecule has 0 aliphatic carbocycles. The molecule has 4 aromatic rings. The van der Waals surface area contributed by atoms with Crippen LogP contribution in [0.2, 0.25) is 0 Å². The number of carbonyl (C=O) groups excluding carboxylic acids is 1. The largest absolute Gasteiger partial charge is 0.508 e. The first-order valence-corrected chi connectivity index (χ1v) is 15.3. The summed E-state index contributed by atoms with van der Waals surface area (Å²) in [7, 11) is -3.86. The summed E-state index contributed by atoms with van der Waals surface area (Å²) in [4.78, 5) is 18.2. The lowest BCUT2D eigenvalue weighted by Gasteiger charge is -2.26. The van der Waals surface area contributed by atoms with Crippen LogP contribution in [0.1, 0.15) is 26.3 Å². The third-order valence-corrected chi connectivity index (χ3v) is 8.60. The number of nitrogens with one attached hydrogen (secondary N) is 3. The number of carbonyl (C=O) groups is 1. The summed E-state index contributed by atoms with van der Waals surface area (Å²) >= 11 is 0. The van der Waals surface area contributed by atoms with Gasteiger partial charge < -0.3 is 24.9 Å². The molecule has 0 spiro atoms. The molecule has 4 N–H and O–H groups in total. The monoisotopic (exact) mass is 592 g/mol. The van der Waals surface area contributed by atoms with Crippen LogP contribution < -0.4 is 14.8 Å². The lowest BCUT2D eigenvalue weighted by molar-refractivity contribution is 0.0385. The van der Waals surface area contributed by atoms with Crippen LogP contribution in [0.25, 0.3) is 22.0 Å². The molecule has 1 saturated heterocycles. The highest BCUT2D eigenvalue weighted by atomic mass is 32.2. The van der Waals surface area contributed by atoms with Crippen LogP contribution in [0.4, 0.5) is 10.5 Å². The van der Waals surface area contributed by atoms with Crippen molar-refractivity contribution in [1.29, 1.82) is 0 Å². The molecule has 1 fully saturated rings. The molecule has 1 aromatic heterocycles. The second kappa shape index (κ2) is 12.0. The predicted molar refractivity (Wildman–Crippen MR) is 163 cm³/mol. The Labute approximate surface area is 245 Å². The second-order valence-electron chi connectivity index (χ2n) is 11.3. The van der Waals surface area contributed by atoms with Crippen molar-refractivity contribution >= 4 is 32.7 Å². The summed E-state index contributed by atoms with van der Waals surface area (Å²) in [5, 5.41) is 13.3. The van der Waals surface area contributed by atoms with Crippen molar-refractivity contribution in [1.82, 2.24) is 15.2 Å². The molecule has 0 bridgehead atoms. The maximum absolute atomic E-state index is 13.2. The quantitative estimate of drug-likeness (QED) is 0.225. The SMILES string of the molecule is CC(C)(C)c1ccc(S(=O)(=O)Nc2ccc3[nH]c(OC(=O)NCCN4CCOCC4)c(-c4ccc(O)cc4)c3c2)cc1. The number of benzene rings is 3. The number of phenolic OH excluding ortho intramolecular Hbond substituents is 1. The van der Waals surface area contributed by atoms with Crippen LogP contribution in [-0.2, 0) is 20.2 Å². The Morgan fingerprint density at radius 1 is 1.02 bits per heavy atom. The Morgan fingerprint density at radius 2 is 1.71 bits per heavy atom. The number of hydrogen-bond donors (Lipinski definition) is 4. The molecule has 11 heteroatoms. The first-order chi connectivity index (χ1) is 20.0. The van der Waals surface area contributed by atoms with Gasteiger partial charge in [0.2, 0.25) is 5.88 Å². The van der Waals surface area contributed by atoms with Gasteiger partial charge in [0.15, 0.2) is 0 Å². The van der Waals surface area contributed by atoms with E-state index < -0.39 is 16.1 Å². The number of phenols is 1. The number of hydrogen-bond acceptors (Lipinski definition) is 7. The second-order valence-corrected chi connectivity index (χ2v) is 13.0.